The number of ketones is 1. The molecule has 2 N–H and O–H groups in total. The molecule has 0 bridgehead atoms. The summed E-state index contributed by atoms with van der Waals surface area (Å²) in [6.45, 7) is 2.78. The summed E-state index contributed by atoms with van der Waals surface area (Å²) in [4.78, 5) is 23.2. The van der Waals surface area contributed by atoms with Gasteiger partial charge in [0, 0.05) is 5.57 Å². The number of carbonyl (C=O) groups is 2. The molecule has 1 aliphatic heterocycles. The van der Waals surface area contributed by atoms with Crippen molar-refractivity contribution in [2.45, 2.75) is 19.6 Å². The van der Waals surface area contributed by atoms with E-state index in [1.54, 1.807) is 24.3 Å². The van der Waals surface area contributed by atoms with E-state index in [1.807, 2.05) is 6.07 Å². The summed E-state index contributed by atoms with van der Waals surface area (Å²) < 4.78 is 0. The second-order valence-corrected chi connectivity index (χ2v) is 4.20. The van der Waals surface area contributed by atoms with Crippen LogP contribution < -0.4 is 5.32 Å². The third-order valence-corrected chi connectivity index (χ3v) is 2.74. The molecule has 17 heavy (non-hydrogen) atoms. The summed E-state index contributed by atoms with van der Waals surface area (Å²) >= 11 is 0. The van der Waals surface area contributed by atoms with Gasteiger partial charge in [-0.3, -0.25) is 9.59 Å². The fraction of sp³-hybridized carbons (Fsp3) is 0.231. The Balaban J connectivity index is 2.68. The maximum Gasteiger partial charge on any atom is 0.257 e. The summed E-state index contributed by atoms with van der Waals surface area (Å²) in [7, 11) is 0. The number of rotatable bonds is 2. The second-order valence-electron chi connectivity index (χ2n) is 4.20. The smallest absolute Gasteiger partial charge is 0.257 e. The van der Waals surface area contributed by atoms with Crippen molar-refractivity contribution in [2.75, 3.05) is 0 Å². The first kappa shape index (κ1) is 11.5. The molecule has 1 atom stereocenters. The fourth-order valence-electron chi connectivity index (χ4n) is 2.07. The van der Waals surface area contributed by atoms with Crippen LogP contribution in [0.2, 0.25) is 0 Å². The number of hydrogen-bond acceptors (Lipinski definition) is 3. The largest absolute Gasteiger partial charge is 0.367 e. The summed E-state index contributed by atoms with van der Waals surface area (Å²) in [6.07, 6.45) is 0. The van der Waals surface area contributed by atoms with Crippen LogP contribution >= 0.6 is 0 Å². The highest BCUT2D eigenvalue weighted by molar-refractivity contribution is 6.27. The normalized spacial score (nSPS) is 23.8. The Morgan fingerprint density at radius 2 is 1.88 bits per heavy atom. The van der Waals surface area contributed by atoms with E-state index in [1.165, 1.54) is 13.8 Å². The van der Waals surface area contributed by atoms with Crippen molar-refractivity contribution in [1.29, 1.82) is 0 Å². The minimum absolute atomic E-state index is 0.0289. The molecule has 1 aromatic rings. The van der Waals surface area contributed by atoms with Gasteiger partial charge in [0.15, 0.2) is 11.5 Å². The summed E-state index contributed by atoms with van der Waals surface area (Å²) in [5.74, 6) is -0.875. The van der Waals surface area contributed by atoms with Gasteiger partial charge in [0.05, 0.1) is 5.57 Å². The average Bonchev–Trinajstić information content (AvgIpc) is 2.49. The lowest BCUT2D eigenvalue weighted by atomic mass is 9.93. The maximum absolute atomic E-state index is 11.7. The fourth-order valence-corrected chi connectivity index (χ4v) is 2.07. The van der Waals surface area contributed by atoms with Crippen LogP contribution in [0, 0.1) is 0 Å². The van der Waals surface area contributed by atoms with Crippen LogP contribution in [0.25, 0.3) is 5.57 Å². The average molecular weight is 231 g/mol. The van der Waals surface area contributed by atoms with Gasteiger partial charge in [0.25, 0.3) is 5.91 Å². The van der Waals surface area contributed by atoms with Crippen LogP contribution in [0.4, 0.5) is 0 Å². The third-order valence-electron chi connectivity index (χ3n) is 2.74. The van der Waals surface area contributed by atoms with E-state index in [4.69, 9.17) is 0 Å². The minimum Gasteiger partial charge on any atom is -0.367 e. The standard InChI is InChI=1S/C13H13NO3/c1-8(15)10-11(9-6-4-3-5-7-9)13(2,17)14-12(10)16/h3-7,17H,1-2H3,(H,14,16). The van der Waals surface area contributed by atoms with Crippen molar-refractivity contribution < 1.29 is 14.7 Å². The van der Waals surface area contributed by atoms with Gasteiger partial charge in [-0.05, 0) is 19.4 Å². The van der Waals surface area contributed by atoms with Crippen LogP contribution in [-0.2, 0) is 9.59 Å². The molecule has 0 saturated carbocycles. The molecule has 0 radical (unpaired) electrons. The van der Waals surface area contributed by atoms with Crippen LogP contribution in [0.15, 0.2) is 35.9 Å². The lowest BCUT2D eigenvalue weighted by Crippen LogP contribution is -2.40. The van der Waals surface area contributed by atoms with Crippen LogP contribution in [0.1, 0.15) is 19.4 Å². The van der Waals surface area contributed by atoms with Gasteiger partial charge < -0.3 is 10.4 Å². The molecule has 0 spiro atoms. The van der Waals surface area contributed by atoms with Gasteiger partial charge in [-0.2, -0.15) is 0 Å². The van der Waals surface area contributed by atoms with Crippen molar-refractivity contribution in [2.24, 2.45) is 0 Å². The van der Waals surface area contributed by atoms with Gasteiger partial charge in [-0.1, -0.05) is 30.3 Å². The predicted octanol–water partition coefficient (Wildman–Crippen LogP) is 0.867. The number of benzene rings is 1. The number of Topliss-reactive ketones (excluding diaryl/α,β-unsaturated/α-hetero) is 1. The van der Waals surface area contributed by atoms with Crippen molar-refractivity contribution >= 4 is 17.3 Å². The molecule has 1 heterocycles. The molecule has 1 unspecified atom stereocenters. The molecular formula is C13H13NO3. The van der Waals surface area contributed by atoms with Crippen molar-refractivity contribution in [3.63, 3.8) is 0 Å². The van der Waals surface area contributed by atoms with E-state index in [0.717, 1.165) is 0 Å². The van der Waals surface area contributed by atoms with E-state index in [2.05, 4.69) is 5.32 Å². The first-order valence-corrected chi connectivity index (χ1v) is 5.29. The lowest BCUT2D eigenvalue weighted by molar-refractivity contribution is -0.122. The summed E-state index contributed by atoms with van der Waals surface area (Å²) in [5, 5.41) is 12.6. The quantitative estimate of drug-likeness (QED) is 0.742. The Hall–Kier alpha value is -1.94. The van der Waals surface area contributed by atoms with Crippen molar-refractivity contribution in [3.05, 3.63) is 41.5 Å². The molecular weight excluding hydrogens is 218 g/mol. The lowest BCUT2D eigenvalue weighted by Gasteiger charge is -2.21. The Kier molecular flexibility index (Phi) is 2.59. The molecule has 2 rings (SSSR count). The molecule has 1 amide bonds. The number of carbonyl (C=O) groups excluding carboxylic acids is 2. The van der Waals surface area contributed by atoms with Gasteiger partial charge in [0.1, 0.15) is 0 Å². The summed E-state index contributed by atoms with van der Waals surface area (Å²) in [6, 6.07) is 8.92. The molecule has 88 valence electrons. The summed E-state index contributed by atoms with van der Waals surface area (Å²) in [5.41, 5.74) is -0.461. The topological polar surface area (TPSA) is 66.4 Å². The molecule has 4 heteroatoms. The van der Waals surface area contributed by atoms with Crippen molar-refractivity contribution in [3.8, 4) is 0 Å². The third kappa shape index (κ3) is 1.87. The van der Waals surface area contributed by atoms with Gasteiger partial charge in [-0.15, -0.1) is 0 Å². The minimum atomic E-state index is -1.50. The van der Waals surface area contributed by atoms with Gasteiger partial charge in [0.2, 0.25) is 0 Å². The molecule has 0 aromatic heterocycles. The monoisotopic (exact) mass is 231 g/mol. The molecule has 1 aromatic carbocycles. The Bertz CT molecular complexity index is 515. The second kappa shape index (κ2) is 3.82. The first-order valence-electron chi connectivity index (χ1n) is 5.29. The highest BCUT2D eigenvalue weighted by Crippen LogP contribution is 2.33. The molecule has 0 aliphatic carbocycles. The SMILES string of the molecule is CC(=O)C1=C(c2ccccc2)C(C)(O)NC1=O. The molecule has 0 saturated heterocycles. The number of hydrogen-bond donors (Lipinski definition) is 2. The van der Waals surface area contributed by atoms with E-state index in [9.17, 15) is 14.7 Å². The zero-order valence-corrected chi connectivity index (χ0v) is 9.65. The van der Waals surface area contributed by atoms with E-state index >= 15 is 0 Å². The molecule has 0 fully saturated rings. The first-order chi connectivity index (χ1) is 7.93. The number of nitrogens with one attached hydrogen (secondary N) is 1. The van der Waals surface area contributed by atoms with Crippen molar-refractivity contribution in [1.82, 2.24) is 5.32 Å². The number of aliphatic hydroxyl groups is 1. The van der Waals surface area contributed by atoms with Gasteiger partial charge in [-0.25, -0.2) is 0 Å². The molecule has 1 aliphatic rings. The van der Waals surface area contributed by atoms with E-state index in [-0.39, 0.29) is 11.4 Å². The van der Waals surface area contributed by atoms with E-state index in [0.29, 0.717) is 11.1 Å². The van der Waals surface area contributed by atoms with Crippen LogP contribution in [0.5, 0.6) is 0 Å². The van der Waals surface area contributed by atoms with Gasteiger partial charge >= 0.3 is 0 Å². The maximum atomic E-state index is 11.7. The zero-order chi connectivity index (χ0) is 12.6. The van der Waals surface area contributed by atoms with Crippen LogP contribution in [0.3, 0.4) is 0 Å². The predicted molar refractivity (Wildman–Crippen MR) is 62.8 cm³/mol. The Morgan fingerprint density at radius 1 is 1.29 bits per heavy atom. The van der Waals surface area contributed by atoms with Crippen LogP contribution in [-0.4, -0.2) is 22.5 Å². The zero-order valence-electron chi connectivity index (χ0n) is 9.65. The molecule has 4 nitrogen and oxygen atoms in total. The number of amides is 1. The Morgan fingerprint density at radius 3 is 2.41 bits per heavy atom. The van der Waals surface area contributed by atoms with E-state index < -0.39 is 11.6 Å². The highest BCUT2D eigenvalue weighted by Gasteiger charge is 2.42. The Labute approximate surface area is 99.0 Å². The highest BCUT2D eigenvalue weighted by atomic mass is 16.3.